The topological polar surface area (TPSA) is 58.6 Å². The molecule has 1 aliphatic heterocycles. The Bertz CT molecular complexity index is 1010. The Morgan fingerprint density at radius 2 is 1.88 bits per heavy atom. The van der Waals surface area contributed by atoms with Crippen molar-refractivity contribution in [1.29, 1.82) is 0 Å². The molecule has 1 aliphatic rings. The van der Waals surface area contributed by atoms with Crippen LogP contribution in [0.25, 0.3) is 0 Å². The first-order chi connectivity index (χ1) is 15.7. The molecule has 0 atom stereocenters. The van der Waals surface area contributed by atoms with Crippen molar-refractivity contribution in [3.63, 3.8) is 0 Å². The summed E-state index contributed by atoms with van der Waals surface area (Å²) >= 11 is 0. The van der Waals surface area contributed by atoms with E-state index in [9.17, 15) is 4.79 Å². The number of nitrogens with zero attached hydrogens (tertiary/aromatic N) is 4. The third-order valence-corrected chi connectivity index (χ3v) is 5.88. The van der Waals surface area contributed by atoms with Crippen molar-refractivity contribution in [3.8, 4) is 5.75 Å². The van der Waals surface area contributed by atoms with Gasteiger partial charge in [-0.25, -0.2) is 0 Å². The summed E-state index contributed by atoms with van der Waals surface area (Å²) in [7, 11) is 1.84. The number of aromatic nitrogens is 2. The predicted molar refractivity (Wildman–Crippen MR) is 126 cm³/mol. The smallest absolute Gasteiger partial charge is 0.227 e. The van der Waals surface area contributed by atoms with E-state index in [1.54, 1.807) is 4.90 Å². The Kier molecular flexibility index (Phi) is 7.46. The summed E-state index contributed by atoms with van der Waals surface area (Å²) in [6.07, 6.45) is 10.7. The van der Waals surface area contributed by atoms with Gasteiger partial charge < -0.3 is 9.64 Å². The molecule has 2 aromatic heterocycles. The molecule has 1 aromatic carbocycles. The Labute approximate surface area is 189 Å². The average Bonchev–Trinajstić information content (AvgIpc) is 2.84. The molecule has 0 spiro atoms. The van der Waals surface area contributed by atoms with Crippen LogP contribution in [-0.4, -0.2) is 47.5 Å². The van der Waals surface area contributed by atoms with Crippen LogP contribution < -0.4 is 9.64 Å². The van der Waals surface area contributed by atoms with Gasteiger partial charge in [0.2, 0.25) is 5.91 Å². The second-order valence-corrected chi connectivity index (χ2v) is 8.19. The number of pyridine rings is 2. The third kappa shape index (κ3) is 5.92. The number of carbonyl (C=O) groups excluding carboxylic acids is 1. The molecule has 3 heterocycles. The number of fused-ring (bicyclic) bond motifs is 1. The highest BCUT2D eigenvalue weighted by Crippen LogP contribution is 2.30. The maximum absolute atomic E-state index is 12.0. The molecule has 4 rings (SSSR count). The Morgan fingerprint density at radius 3 is 2.69 bits per heavy atom. The highest BCUT2D eigenvalue weighted by molar-refractivity contribution is 5.96. The minimum absolute atomic E-state index is 0.162. The Balaban J connectivity index is 1.31. The van der Waals surface area contributed by atoms with Crippen molar-refractivity contribution in [2.75, 3.05) is 31.6 Å². The van der Waals surface area contributed by atoms with E-state index in [0.717, 1.165) is 50.3 Å². The predicted octanol–water partition coefficient (Wildman–Crippen LogP) is 3.90. The van der Waals surface area contributed by atoms with Crippen molar-refractivity contribution in [2.45, 2.75) is 32.2 Å². The van der Waals surface area contributed by atoms with E-state index in [1.165, 1.54) is 16.7 Å². The molecule has 1 amide bonds. The number of ether oxygens (including phenoxy) is 1. The van der Waals surface area contributed by atoms with E-state index in [4.69, 9.17) is 4.74 Å². The zero-order chi connectivity index (χ0) is 22.2. The summed E-state index contributed by atoms with van der Waals surface area (Å²) in [4.78, 5) is 24.5. The van der Waals surface area contributed by atoms with Gasteiger partial charge in [-0.15, -0.1) is 0 Å². The number of benzene rings is 1. The summed E-state index contributed by atoms with van der Waals surface area (Å²) < 4.78 is 6.03. The van der Waals surface area contributed by atoms with Crippen LogP contribution in [0.4, 0.5) is 5.69 Å². The molecular formula is C26H30N4O2. The number of anilines is 1. The standard InChI is InChI=1S/C26H30N4O2/c1-29-25-18-24(7-5-23(25)6-8-26(29)31)32-17-3-15-30(20-22-9-13-27-14-10-22)16-11-21-4-2-12-28-19-21/h2,4-5,7,9-10,12-14,18-19H,3,6,8,11,15-17,20H2,1H3. The minimum atomic E-state index is 0.162. The van der Waals surface area contributed by atoms with Crippen molar-refractivity contribution in [2.24, 2.45) is 0 Å². The second kappa shape index (κ2) is 10.9. The zero-order valence-corrected chi connectivity index (χ0v) is 18.6. The number of hydrogen-bond donors (Lipinski definition) is 0. The average molecular weight is 431 g/mol. The summed E-state index contributed by atoms with van der Waals surface area (Å²) in [6.45, 7) is 3.41. The van der Waals surface area contributed by atoms with Crippen LogP contribution >= 0.6 is 0 Å². The number of aryl methyl sites for hydroxylation is 1. The highest BCUT2D eigenvalue weighted by atomic mass is 16.5. The molecule has 6 heteroatoms. The lowest BCUT2D eigenvalue weighted by Gasteiger charge is -2.26. The molecule has 0 N–H and O–H groups in total. The first-order valence-electron chi connectivity index (χ1n) is 11.2. The van der Waals surface area contributed by atoms with Crippen molar-refractivity contribution in [1.82, 2.24) is 14.9 Å². The first kappa shape index (κ1) is 22.0. The molecule has 0 bridgehead atoms. The van der Waals surface area contributed by atoms with Gasteiger partial charge in [-0.1, -0.05) is 12.1 Å². The van der Waals surface area contributed by atoms with Gasteiger partial charge in [-0.3, -0.25) is 19.7 Å². The summed E-state index contributed by atoms with van der Waals surface area (Å²) in [6, 6.07) is 14.3. The monoisotopic (exact) mass is 430 g/mol. The molecule has 0 saturated carbocycles. The minimum Gasteiger partial charge on any atom is -0.493 e. The highest BCUT2D eigenvalue weighted by Gasteiger charge is 2.21. The molecule has 0 radical (unpaired) electrons. The SMILES string of the molecule is CN1C(=O)CCc2ccc(OCCCN(CCc3cccnc3)Cc3ccncc3)cc21. The fourth-order valence-corrected chi connectivity index (χ4v) is 4.03. The van der Waals surface area contributed by atoms with Gasteiger partial charge >= 0.3 is 0 Å². The number of hydrogen-bond acceptors (Lipinski definition) is 5. The molecule has 6 nitrogen and oxygen atoms in total. The lowest BCUT2D eigenvalue weighted by molar-refractivity contribution is -0.118. The van der Waals surface area contributed by atoms with Gasteiger partial charge in [0.15, 0.2) is 0 Å². The van der Waals surface area contributed by atoms with E-state index in [2.05, 4.69) is 39.1 Å². The van der Waals surface area contributed by atoms with Gasteiger partial charge in [0.05, 0.1) is 12.3 Å². The third-order valence-electron chi connectivity index (χ3n) is 5.88. The van der Waals surface area contributed by atoms with Gasteiger partial charge in [-0.05, 0) is 60.2 Å². The van der Waals surface area contributed by atoms with Crippen LogP contribution in [0.3, 0.4) is 0 Å². The van der Waals surface area contributed by atoms with Crippen LogP contribution in [0, 0.1) is 0 Å². The summed E-state index contributed by atoms with van der Waals surface area (Å²) in [5, 5.41) is 0. The number of carbonyl (C=O) groups is 1. The molecule has 0 saturated heterocycles. The molecular weight excluding hydrogens is 400 g/mol. The largest absolute Gasteiger partial charge is 0.493 e. The van der Waals surface area contributed by atoms with Gasteiger partial charge in [0.25, 0.3) is 0 Å². The molecule has 0 aliphatic carbocycles. The quantitative estimate of drug-likeness (QED) is 0.457. The van der Waals surface area contributed by atoms with E-state index < -0.39 is 0 Å². The maximum atomic E-state index is 12.0. The Morgan fingerprint density at radius 1 is 1.00 bits per heavy atom. The van der Waals surface area contributed by atoms with E-state index in [1.807, 2.05) is 50.0 Å². The second-order valence-electron chi connectivity index (χ2n) is 8.19. The molecule has 166 valence electrons. The first-order valence-corrected chi connectivity index (χ1v) is 11.2. The lowest BCUT2D eigenvalue weighted by Crippen LogP contribution is -2.31. The van der Waals surface area contributed by atoms with Crippen molar-refractivity contribution in [3.05, 3.63) is 83.9 Å². The number of rotatable bonds is 10. The van der Waals surface area contributed by atoms with Gasteiger partial charge in [-0.2, -0.15) is 0 Å². The number of amides is 1. The van der Waals surface area contributed by atoms with Gasteiger partial charge in [0, 0.05) is 64.0 Å². The Hall–Kier alpha value is -3.25. The van der Waals surface area contributed by atoms with Crippen molar-refractivity contribution < 1.29 is 9.53 Å². The molecule has 0 fully saturated rings. The van der Waals surface area contributed by atoms with E-state index >= 15 is 0 Å². The maximum Gasteiger partial charge on any atom is 0.227 e. The van der Waals surface area contributed by atoms with Crippen molar-refractivity contribution >= 4 is 11.6 Å². The lowest BCUT2D eigenvalue weighted by atomic mass is 10.0. The van der Waals surface area contributed by atoms with E-state index in [-0.39, 0.29) is 5.91 Å². The van der Waals surface area contributed by atoms with Crippen LogP contribution in [0.2, 0.25) is 0 Å². The summed E-state index contributed by atoms with van der Waals surface area (Å²) in [5.74, 6) is 0.983. The molecule has 32 heavy (non-hydrogen) atoms. The normalized spacial score (nSPS) is 13.3. The fraction of sp³-hybridized carbons (Fsp3) is 0.346. The van der Waals surface area contributed by atoms with Crippen LogP contribution in [-0.2, 0) is 24.2 Å². The summed E-state index contributed by atoms with van der Waals surface area (Å²) in [5.41, 5.74) is 4.68. The van der Waals surface area contributed by atoms with Crippen LogP contribution in [0.1, 0.15) is 29.5 Å². The van der Waals surface area contributed by atoms with Gasteiger partial charge in [0.1, 0.15) is 5.75 Å². The van der Waals surface area contributed by atoms with E-state index in [0.29, 0.717) is 13.0 Å². The molecule has 3 aromatic rings. The molecule has 0 unspecified atom stereocenters. The fourth-order valence-electron chi connectivity index (χ4n) is 4.03. The van der Waals surface area contributed by atoms with Crippen LogP contribution in [0.5, 0.6) is 5.75 Å². The zero-order valence-electron chi connectivity index (χ0n) is 18.6. The van der Waals surface area contributed by atoms with Crippen LogP contribution in [0.15, 0.2) is 67.3 Å².